The van der Waals surface area contributed by atoms with Crippen LogP contribution in [0.15, 0.2) is 6.20 Å². The minimum absolute atomic E-state index is 0.375. The monoisotopic (exact) mass is 290 g/mol. The van der Waals surface area contributed by atoms with Gasteiger partial charge in [0.15, 0.2) is 0 Å². The first-order chi connectivity index (χ1) is 10.0. The van der Waals surface area contributed by atoms with Gasteiger partial charge in [-0.1, -0.05) is 27.7 Å². The van der Waals surface area contributed by atoms with Crippen molar-refractivity contribution in [3.63, 3.8) is 0 Å². The second-order valence-electron chi connectivity index (χ2n) is 6.85. The van der Waals surface area contributed by atoms with Crippen molar-refractivity contribution in [2.24, 2.45) is 5.92 Å². The molecule has 2 rings (SSSR count). The van der Waals surface area contributed by atoms with Crippen LogP contribution in [-0.2, 0) is 6.54 Å². The summed E-state index contributed by atoms with van der Waals surface area (Å²) in [4.78, 5) is 11.9. The van der Waals surface area contributed by atoms with Gasteiger partial charge in [0.05, 0.1) is 17.6 Å². The molecule has 0 aromatic carbocycles. The molecule has 0 aliphatic heterocycles. The Morgan fingerprint density at radius 3 is 2.52 bits per heavy atom. The van der Waals surface area contributed by atoms with Crippen molar-refractivity contribution in [1.29, 1.82) is 0 Å². The predicted octanol–water partition coefficient (Wildman–Crippen LogP) is 3.33. The van der Waals surface area contributed by atoms with Crippen molar-refractivity contribution >= 4 is 5.69 Å². The maximum atomic E-state index is 4.80. The summed E-state index contributed by atoms with van der Waals surface area (Å²) in [5.41, 5.74) is 2.38. The quantitative estimate of drug-likeness (QED) is 0.797. The fraction of sp³-hybridized carbons (Fsp3) is 0.765. The van der Waals surface area contributed by atoms with Crippen LogP contribution in [0.2, 0.25) is 0 Å². The van der Waals surface area contributed by atoms with Crippen LogP contribution in [0.4, 0.5) is 5.69 Å². The molecule has 1 aliphatic carbocycles. The van der Waals surface area contributed by atoms with Gasteiger partial charge >= 0.3 is 0 Å². The van der Waals surface area contributed by atoms with E-state index in [1.54, 1.807) is 0 Å². The molecule has 1 aliphatic rings. The van der Waals surface area contributed by atoms with E-state index in [4.69, 9.17) is 4.98 Å². The Kier molecular flexibility index (Phi) is 5.57. The van der Waals surface area contributed by atoms with Gasteiger partial charge in [0, 0.05) is 25.0 Å². The van der Waals surface area contributed by atoms with E-state index in [9.17, 15) is 0 Å². The standard InChI is InChI=1S/C17H30N4/c1-12(2)8-9-21(14-6-7-14)16-11-19-17(13(3)4)20-15(16)10-18-5/h11-14,18H,6-10H2,1-5H3. The summed E-state index contributed by atoms with van der Waals surface area (Å²) in [6, 6.07) is 0.702. The SMILES string of the molecule is CNCc1nc(C(C)C)ncc1N(CCC(C)C)C1CC1. The molecule has 0 unspecified atom stereocenters. The lowest BCUT2D eigenvalue weighted by Gasteiger charge is -2.27. The molecule has 1 heterocycles. The van der Waals surface area contributed by atoms with Crippen LogP contribution in [0.1, 0.15) is 64.4 Å². The molecule has 1 aromatic rings. The highest BCUT2D eigenvalue weighted by molar-refractivity contribution is 5.51. The molecule has 1 fully saturated rings. The van der Waals surface area contributed by atoms with Crippen molar-refractivity contribution in [2.45, 2.75) is 65.5 Å². The normalized spacial score (nSPS) is 15.0. The van der Waals surface area contributed by atoms with Crippen LogP contribution in [0, 0.1) is 5.92 Å². The summed E-state index contributed by atoms with van der Waals surface area (Å²) in [7, 11) is 1.98. The average molecular weight is 290 g/mol. The average Bonchev–Trinajstić information content (AvgIpc) is 3.24. The molecule has 0 amide bonds. The maximum absolute atomic E-state index is 4.80. The second kappa shape index (κ2) is 7.21. The summed E-state index contributed by atoms with van der Waals surface area (Å²) in [6.07, 6.45) is 5.89. The first-order valence-electron chi connectivity index (χ1n) is 8.30. The number of anilines is 1. The second-order valence-corrected chi connectivity index (χ2v) is 6.85. The van der Waals surface area contributed by atoms with Gasteiger partial charge in [-0.05, 0) is 32.2 Å². The van der Waals surface area contributed by atoms with Gasteiger partial charge < -0.3 is 10.2 Å². The van der Waals surface area contributed by atoms with Crippen LogP contribution in [0.3, 0.4) is 0 Å². The van der Waals surface area contributed by atoms with Gasteiger partial charge in [0.1, 0.15) is 5.82 Å². The third-order valence-electron chi connectivity index (χ3n) is 3.97. The first kappa shape index (κ1) is 16.2. The Labute approximate surface area is 129 Å². The predicted molar refractivity (Wildman–Crippen MR) is 88.7 cm³/mol. The van der Waals surface area contributed by atoms with Crippen molar-refractivity contribution in [3.8, 4) is 0 Å². The Morgan fingerprint density at radius 2 is 2.00 bits per heavy atom. The Hall–Kier alpha value is -1.16. The van der Waals surface area contributed by atoms with E-state index in [0.29, 0.717) is 12.0 Å². The summed E-state index contributed by atoms with van der Waals surface area (Å²) in [6.45, 7) is 10.8. The van der Waals surface area contributed by atoms with Gasteiger partial charge in [-0.3, -0.25) is 0 Å². The number of rotatable bonds is 8. The third-order valence-corrected chi connectivity index (χ3v) is 3.97. The van der Waals surface area contributed by atoms with E-state index in [-0.39, 0.29) is 0 Å². The maximum Gasteiger partial charge on any atom is 0.131 e. The number of nitrogens with zero attached hydrogens (tertiary/aromatic N) is 3. The van der Waals surface area contributed by atoms with Crippen molar-refractivity contribution in [3.05, 3.63) is 17.7 Å². The zero-order valence-electron chi connectivity index (χ0n) is 14.2. The lowest BCUT2D eigenvalue weighted by molar-refractivity contribution is 0.567. The van der Waals surface area contributed by atoms with E-state index in [1.165, 1.54) is 24.9 Å². The molecule has 0 bridgehead atoms. The van der Waals surface area contributed by atoms with Gasteiger partial charge in [-0.25, -0.2) is 9.97 Å². The fourth-order valence-corrected chi connectivity index (χ4v) is 2.53. The Morgan fingerprint density at radius 1 is 1.29 bits per heavy atom. The molecule has 1 saturated carbocycles. The molecule has 4 nitrogen and oxygen atoms in total. The highest BCUT2D eigenvalue weighted by atomic mass is 15.2. The van der Waals surface area contributed by atoms with Gasteiger partial charge in [-0.15, -0.1) is 0 Å². The Bertz CT molecular complexity index is 452. The smallest absolute Gasteiger partial charge is 0.131 e. The Balaban J connectivity index is 2.25. The van der Waals surface area contributed by atoms with Crippen LogP contribution in [0.5, 0.6) is 0 Å². The highest BCUT2D eigenvalue weighted by Gasteiger charge is 2.31. The lowest BCUT2D eigenvalue weighted by atomic mass is 10.1. The summed E-state index contributed by atoms with van der Waals surface area (Å²) in [5.74, 6) is 2.05. The molecule has 0 atom stereocenters. The largest absolute Gasteiger partial charge is 0.366 e. The minimum atomic E-state index is 0.375. The molecular weight excluding hydrogens is 260 g/mol. The van der Waals surface area contributed by atoms with Crippen LogP contribution < -0.4 is 10.2 Å². The van der Waals surface area contributed by atoms with E-state index < -0.39 is 0 Å². The fourth-order valence-electron chi connectivity index (χ4n) is 2.53. The molecule has 4 heteroatoms. The zero-order chi connectivity index (χ0) is 15.4. The van der Waals surface area contributed by atoms with Gasteiger partial charge in [-0.2, -0.15) is 0 Å². The first-order valence-corrected chi connectivity index (χ1v) is 8.30. The zero-order valence-corrected chi connectivity index (χ0v) is 14.2. The van der Waals surface area contributed by atoms with Crippen LogP contribution in [-0.4, -0.2) is 29.6 Å². The number of nitrogens with one attached hydrogen (secondary N) is 1. The van der Waals surface area contributed by atoms with Crippen molar-refractivity contribution < 1.29 is 0 Å². The van der Waals surface area contributed by atoms with Crippen molar-refractivity contribution in [2.75, 3.05) is 18.5 Å². The van der Waals surface area contributed by atoms with E-state index in [1.807, 2.05) is 13.2 Å². The molecule has 1 N–H and O–H groups in total. The van der Waals surface area contributed by atoms with Crippen LogP contribution in [0.25, 0.3) is 0 Å². The van der Waals surface area contributed by atoms with Crippen LogP contribution >= 0.6 is 0 Å². The molecule has 0 spiro atoms. The molecule has 0 radical (unpaired) electrons. The van der Waals surface area contributed by atoms with Gasteiger partial charge in [0.2, 0.25) is 0 Å². The summed E-state index contributed by atoms with van der Waals surface area (Å²) < 4.78 is 0. The number of hydrogen-bond donors (Lipinski definition) is 1. The molecule has 21 heavy (non-hydrogen) atoms. The topological polar surface area (TPSA) is 41.1 Å². The van der Waals surface area contributed by atoms with E-state index >= 15 is 0 Å². The van der Waals surface area contributed by atoms with E-state index in [2.05, 4.69) is 42.9 Å². The number of aromatic nitrogens is 2. The molecule has 118 valence electrons. The minimum Gasteiger partial charge on any atom is -0.366 e. The molecule has 1 aromatic heterocycles. The summed E-state index contributed by atoms with van der Waals surface area (Å²) >= 11 is 0. The molecule has 0 saturated heterocycles. The lowest BCUT2D eigenvalue weighted by Crippen LogP contribution is -2.30. The molecular formula is C17H30N4. The third kappa shape index (κ3) is 4.40. The van der Waals surface area contributed by atoms with E-state index in [0.717, 1.165) is 30.5 Å². The highest BCUT2D eigenvalue weighted by Crippen LogP contribution is 2.33. The van der Waals surface area contributed by atoms with Crippen molar-refractivity contribution in [1.82, 2.24) is 15.3 Å². The number of hydrogen-bond acceptors (Lipinski definition) is 4. The summed E-state index contributed by atoms with van der Waals surface area (Å²) in [5, 5.41) is 3.25. The van der Waals surface area contributed by atoms with Gasteiger partial charge in [0.25, 0.3) is 0 Å².